The van der Waals surface area contributed by atoms with Crippen LogP contribution in [0.4, 0.5) is 0 Å². The minimum absolute atomic E-state index is 0.131. The molecule has 1 aromatic rings. The highest BCUT2D eigenvalue weighted by molar-refractivity contribution is 5.78. The Morgan fingerprint density at radius 1 is 1.33 bits per heavy atom. The Hall–Kier alpha value is -1.75. The molecule has 118 valence electrons. The summed E-state index contributed by atoms with van der Waals surface area (Å²) in [6.45, 7) is 5.71. The Kier molecular flexibility index (Phi) is 6.03. The summed E-state index contributed by atoms with van der Waals surface area (Å²) in [5, 5.41) is 12.7. The van der Waals surface area contributed by atoms with Crippen LogP contribution in [0.5, 0.6) is 11.5 Å². The maximum Gasteiger partial charge on any atom is 0.323 e. The lowest BCUT2D eigenvalue weighted by atomic mass is 9.91. The summed E-state index contributed by atoms with van der Waals surface area (Å²) in [5.74, 6) is 0.372. The smallest absolute Gasteiger partial charge is 0.323 e. The number of rotatable bonds is 8. The van der Waals surface area contributed by atoms with Crippen molar-refractivity contribution in [3.8, 4) is 11.5 Å². The molecule has 2 unspecified atom stereocenters. The van der Waals surface area contributed by atoms with Crippen molar-refractivity contribution in [3.63, 3.8) is 0 Å². The molecule has 2 N–H and O–H groups in total. The fraction of sp³-hybridized carbons (Fsp3) is 0.562. The second-order valence-electron chi connectivity index (χ2n) is 5.46. The van der Waals surface area contributed by atoms with Crippen molar-refractivity contribution in [2.75, 3.05) is 14.2 Å². The van der Waals surface area contributed by atoms with Gasteiger partial charge >= 0.3 is 5.97 Å². The zero-order chi connectivity index (χ0) is 16.0. The molecular weight excluding hydrogens is 270 g/mol. The van der Waals surface area contributed by atoms with Crippen LogP contribution in [-0.4, -0.2) is 36.9 Å². The summed E-state index contributed by atoms with van der Waals surface area (Å²) < 4.78 is 10.5. The van der Waals surface area contributed by atoms with E-state index in [1.54, 1.807) is 27.2 Å². The highest BCUT2D eigenvalue weighted by atomic mass is 16.5. The molecule has 0 aromatic heterocycles. The van der Waals surface area contributed by atoms with Crippen LogP contribution in [-0.2, 0) is 11.2 Å². The van der Waals surface area contributed by atoms with Gasteiger partial charge in [0.05, 0.1) is 14.2 Å². The first kappa shape index (κ1) is 17.3. The highest BCUT2D eigenvalue weighted by Gasteiger charge is 2.34. The molecule has 0 aliphatic carbocycles. The molecule has 0 spiro atoms. The minimum Gasteiger partial charge on any atom is -0.493 e. The summed E-state index contributed by atoms with van der Waals surface area (Å²) >= 11 is 0. The van der Waals surface area contributed by atoms with Gasteiger partial charge in [-0.3, -0.25) is 10.1 Å². The van der Waals surface area contributed by atoms with Crippen LogP contribution < -0.4 is 14.8 Å². The zero-order valence-corrected chi connectivity index (χ0v) is 13.4. The number of nitrogens with one attached hydrogen (secondary N) is 1. The van der Waals surface area contributed by atoms with Gasteiger partial charge in [0.25, 0.3) is 0 Å². The van der Waals surface area contributed by atoms with Crippen LogP contribution in [0, 0.1) is 0 Å². The van der Waals surface area contributed by atoms with Crippen molar-refractivity contribution < 1.29 is 19.4 Å². The van der Waals surface area contributed by atoms with E-state index in [1.807, 2.05) is 26.0 Å². The number of methoxy groups -OCH3 is 2. The maximum absolute atomic E-state index is 11.6. The lowest BCUT2D eigenvalue weighted by molar-refractivity contribution is -0.144. The molecule has 0 amide bonds. The lowest BCUT2D eigenvalue weighted by Gasteiger charge is -2.30. The number of ether oxygens (including phenoxy) is 2. The second-order valence-corrected chi connectivity index (χ2v) is 5.46. The lowest BCUT2D eigenvalue weighted by Crippen LogP contribution is -2.54. The fourth-order valence-electron chi connectivity index (χ4n) is 2.23. The van der Waals surface area contributed by atoms with Gasteiger partial charge in [0.1, 0.15) is 5.54 Å². The van der Waals surface area contributed by atoms with E-state index in [2.05, 4.69) is 5.32 Å². The van der Waals surface area contributed by atoms with E-state index >= 15 is 0 Å². The van der Waals surface area contributed by atoms with Gasteiger partial charge in [-0.1, -0.05) is 13.0 Å². The molecular formula is C16H25NO4. The normalized spacial score (nSPS) is 15.1. The van der Waals surface area contributed by atoms with Crippen molar-refractivity contribution in [1.29, 1.82) is 0 Å². The Morgan fingerprint density at radius 2 is 1.95 bits per heavy atom. The van der Waals surface area contributed by atoms with Gasteiger partial charge in [0.2, 0.25) is 0 Å². The first-order chi connectivity index (χ1) is 9.86. The largest absolute Gasteiger partial charge is 0.493 e. The molecule has 0 saturated carbocycles. The van der Waals surface area contributed by atoms with Crippen LogP contribution in [0.15, 0.2) is 18.2 Å². The fourth-order valence-corrected chi connectivity index (χ4v) is 2.23. The number of hydrogen-bond donors (Lipinski definition) is 2. The zero-order valence-electron chi connectivity index (χ0n) is 13.4. The molecule has 0 radical (unpaired) electrons. The average molecular weight is 295 g/mol. The van der Waals surface area contributed by atoms with E-state index in [0.29, 0.717) is 17.9 Å². The molecule has 0 fully saturated rings. The molecule has 0 heterocycles. The average Bonchev–Trinajstić information content (AvgIpc) is 2.46. The minimum atomic E-state index is -1.02. The van der Waals surface area contributed by atoms with E-state index in [9.17, 15) is 9.90 Å². The Bertz CT molecular complexity index is 489. The third-order valence-corrected chi connectivity index (χ3v) is 3.65. The van der Waals surface area contributed by atoms with E-state index < -0.39 is 11.5 Å². The highest BCUT2D eigenvalue weighted by Crippen LogP contribution is 2.29. The van der Waals surface area contributed by atoms with Gasteiger partial charge < -0.3 is 14.6 Å². The summed E-state index contributed by atoms with van der Waals surface area (Å²) in [6.07, 6.45) is 1.24. The van der Waals surface area contributed by atoms with Crippen LogP contribution >= 0.6 is 0 Å². The molecule has 2 atom stereocenters. The van der Waals surface area contributed by atoms with E-state index in [0.717, 1.165) is 12.0 Å². The summed E-state index contributed by atoms with van der Waals surface area (Å²) in [7, 11) is 3.14. The molecule has 5 heteroatoms. The first-order valence-electron chi connectivity index (χ1n) is 7.08. The second kappa shape index (κ2) is 7.31. The van der Waals surface area contributed by atoms with E-state index in [4.69, 9.17) is 9.47 Å². The molecule has 1 rings (SSSR count). The Morgan fingerprint density at radius 3 is 2.43 bits per heavy atom. The summed E-state index contributed by atoms with van der Waals surface area (Å²) in [6, 6.07) is 5.60. The molecule has 1 aromatic carbocycles. The predicted octanol–water partition coefficient (Wildman–Crippen LogP) is 2.48. The number of hydrogen-bond acceptors (Lipinski definition) is 4. The number of benzene rings is 1. The van der Waals surface area contributed by atoms with E-state index in [1.165, 1.54) is 0 Å². The topological polar surface area (TPSA) is 67.8 Å². The van der Waals surface area contributed by atoms with E-state index in [-0.39, 0.29) is 6.04 Å². The molecule has 0 aliphatic heterocycles. The van der Waals surface area contributed by atoms with Crippen LogP contribution in [0.25, 0.3) is 0 Å². The third kappa shape index (κ3) is 4.36. The summed E-state index contributed by atoms with van der Waals surface area (Å²) in [5.41, 5.74) is -0.136. The van der Waals surface area contributed by atoms with Crippen LogP contribution in [0.2, 0.25) is 0 Å². The van der Waals surface area contributed by atoms with Crippen molar-refractivity contribution >= 4 is 5.97 Å². The van der Waals surface area contributed by atoms with Gasteiger partial charge in [0.15, 0.2) is 11.5 Å². The van der Waals surface area contributed by atoms with Crippen molar-refractivity contribution in [2.45, 2.75) is 45.2 Å². The SMILES string of the molecule is CCC(C)NC(C)(Cc1ccc(OC)c(OC)c1)C(=O)O. The monoisotopic (exact) mass is 295 g/mol. The molecule has 21 heavy (non-hydrogen) atoms. The van der Waals surface area contributed by atoms with Gasteiger partial charge in [-0.2, -0.15) is 0 Å². The van der Waals surface area contributed by atoms with Crippen LogP contribution in [0.3, 0.4) is 0 Å². The van der Waals surface area contributed by atoms with Crippen molar-refractivity contribution in [2.24, 2.45) is 0 Å². The van der Waals surface area contributed by atoms with Gasteiger partial charge in [-0.25, -0.2) is 0 Å². The molecule has 0 bridgehead atoms. The molecule has 0 saturated heterocycles. The van der Waals surface area contributed by atoms with Gasteiger partial charge in [-0.15, -0.1) is 0 Å². The van der Waals surface area contributed by atoms with Crippen molar-refractivity contribution in [3.05, 3.63) is 23.8 Å². The quantitative estimate of drug-likeness (QED) is 0.771. The van der Waals surface area contributed by atoms with Crippen molar-refractivity contribution in [1.82, 2.24) is 5.32 Å². The number of aliphatic carboxylic acids is 1. The molecule has 0 aliphatic rings. The number of carboxylic acid groups (broad SMARTS) is 1. The molecule has 5 nitrogen and oxygen atoms in total. The summed E-state index contributed by atoms with van der Waals surface area (Å²) in [4.78, 5) is 11.6. The maximum atomic E-state index is 11.6. The third-order valence-electron chi connectivity index (χ3n) is 3.65. The number of carbonyl (C=O) groups is 1. The predicted molar refractivity (Wildman–Crippen MR) is 82.2 cm³/mol. The number of carboxylic acids is 1. The van der Waals surface area contributed by atoms with Crippen LogP contribution in [0.1, 0.15) is 32.8 Å². The van der Waals surface area contributed by atoms with Gasteiger partial charge in [-0.05, 0) is 38.0 Å². The first-order valence-corrected chi connectivity index (χ1v) is 7.08. The standard InChI is InChI=1S/C16H25NO4/c1-6-11(2)17-16(3,15(18)19)10-12-7-8-13(20-4)14(9-12)21-5/h7-9,11,17H,6,10H2,1-5H3,(H,18,19). The Balaban J connectivity index is 3.01. The Labute approximate surface area is 126 Å². The van der Waals surface area contributed by atoms with Gasteiger partial charge in [0, 0.05) is 12.5 Å².